The van der Waals surface area contributed by atoms with E-state index in [0.717, 1.165) is 18.2 Å². The lowest BCUT2D eigenvalue weighted by atomic mass is 10.3. The highest BCUT2D eigenvalue weighted by molar-refractivity contribution is 5.25. The van der Waals surface area contributed by atoms with Crippen LogP contribution in [0.1, 0.15) is 25.7 Å². The third kappa shape index (κ3) is 1.98. The average molecular weight is 183 g/mol. The predicted molar refractivity (Wildman–Crippen MR) is 52.7 cm³/mol. The molecule has 0 spiro atoms. The SMILES string of the molecule is CNc1nnc(CCN)n1C(C)C. The molecule has 0 bridgehead atoms. The van der Waals surface area contributed by atoms with Crippen LogP contribution < -0.4 is 11.1 Å². The van der Waals surface area contributed by atoms with E-state index in [1.54, 1.807) is 0 Å². The van der Waals surface area contributed by atoms with Gasteiger partial charge in [-0.1, -0.05) is 0 Å². The molecular formula is C8H17N5. The zero-order chi connectivity index (χ0) is 9.84. The monoisotopic (exact) mass is 183 g/mol. The number of rotatable bonds is 4. The number of anilines is 1. The van der Waals surface area contributed by atoms with Crippen molar-refractivity contribution < 1.29 is 0 Å². The Labute approximate surface area is 78.3 Å². The van der Waals surface area contributed by atoms with Crippen LogP contribution in [0.2, 0.25) is 0 Å². The van der Waals surface area contributed by atoms with Crippen LogP contribution in [-0.2, 0) is 6.42 Å². The van der Waals surface area contributed by atoms with E-state index in [0.29, 0.717) is 12.6 Å². The largest absolute Gasteiger partial charge is 0.357 e. The maximum absolute atomic E-state index is 5.48. The van der Waals surface area contributed by atoms with Gasteiger partial charge in [-0.25, -0.2) is 0 Å². The van der Waals surface area contributed by atoms with Crippen molar-refractivity contribution in [3.63, 3.8) is 0 Å². The van der Waals surface area contributed by atoms with Crippen molar-refractivity contribution in [2.75, 3.05) is 18.9 Å². The van der Waals surface area contributed by atoms with Gasteiger partial charge in [-0.15, -0.1) is 10.2 Å². The molecule has 0 aliphatic heterocycles. The van der Waals surface area contributed by atoms with Crippen LogP contribution in [0.4, 0.5) is 5.95 Å². The first-order valence-corrected chi connectivity index (χ1v) is 4.52. The van der Waals surface area contributed by atoms with Crippen LogP contribution >= 0.6 is 0 Å². The maximum atomic E-state index is 5.48. The molecule has 0 amide bonds. The number of aromatic nitrogens is 3. The summed E-state index contributed by atoms with van der Waals surface area (Å²) < 4.78 is 2.06. The second-order valence-electron chi connectivity index (χ2n) is 3.19. The van der Waals surface area contributed by atoms with E-state index in [1.807, 2.05) is 7.05 Å². The zero-order valence-corrected chi connectivity index (χ0v) is 8.41. The minimum absolute atomic E-state index is 0.360. The van der Waals surface area contributed by atoms with Gasteiger partial charge < -0.3 is 11.1 Å². The molecule has 0 radical (unpaired) electrons. The Morgan fingerprint density at radius 2 is 2.15 bits per heavy atom. The van der Waals surface area contributed by atoms with E-state index in [2.05, 4.69) is 33.9 Å². The molecule has 0 fully saturated rings. The highest BCUT2D eigenvalue weighted by Crippen LogP contribution is 2.14. The van der Waals surface area contributed by atoms with Gasteiger partial charge >= 0.3 is 0 Å². The Hall–Kier alpha value is -1.10. The molecule has 74 valence electrons. The molecule has 0 saturated heterocycles. The number of nitrogens with one attached hydrogen (secondary N) is 1. The fourth-order valence-electron chi connectivity index (χ4n) is 1.34. The summed E-state index contributed by atoms with van der Waals surface area (Å²) in [6, 6.07) is 0.360. The van der Waals surface area contributed by atoms with Gasteiger partial charge in [0.15, 0.2) is 0 Å². The fraction of sp³-hybridized carbons (Fsp3) is 0.750. The van der Waals surface area contributed by atoms with Gasteiger partial charge in [0.25, 0.3) is 0 Å². The fourth-order valence-corrected chi connectivity index (χ4v) is 1.34. The van der Waals surface area contributed by atoms with E-state index in [9.17, 15) is 0 Å². The highest BCUT2D eigenvalue weighted by Gasteiger charge is 2.12. The molecule has 1 rings (SSSR count). The summed E-state index contributed by atoms with van der Waals surface area (Å²) in [7, 11) is 1.84. The van der Waals surface area contributed by atoms with E-state index in [4.69, 9.17) is 5.73 Å². The van der Waals surface area contributed by atoms with Gasteiger partial charge in [0.1, 0.15) is 5.82 Å². The molecule has 13 heavy (non-hydrogen) atoms. The summed E-state index contributed by atoms with van der Waals surface area (Å²) in [5, 5.41) is 11.1. The molecule has 1 aromatic heterocycles. The van der Waals surface area contributed by atoms with E-state index >= 15 is 0 Å². The first-order chi connectivity index (χ1) is 6.20. The summed E-state index contributed by atoms with van der Waals surface area (Å²) in [5.41, 5.74) is 5.48. The Bertz CT molecular complexity index is 265. The molecule has 1 heterocycles. The minimum Gasteiger partial charge on any atom is -0.357 e. The molecule has 3 N–H and O–H groups in total. The predicted octanol–water partition coefficient (Wildman–Crippen LogP) is 0.402. The van der Waals surface area contributed by atoms with Crippen molar-refractivity contribution in [1.82, 2.24) is 14.8 Å². The lowest BCUT2D eigenvalue weighted by molar-refractivity contribution is 0.573. The Balaban J connectivity index is 2.99. The Kier molecular flexibility index (Phi) is 3.25. The van der Waals surface area contributed by atoms with E-state index in [1.165, 1.54) is 0 Å². The molecular weight excluding hydrogens is 166 g/mol. The van der Waals surface area contributed by atoms with Crippen molar-refractivity contribution in [1.29, 1.82) is 0 Å². The maximum Gasteiger partial charge on any atom is 0.224 e. The van der Waals surface area contributed by atoms with Crippen LogP contribution in [0.25, 0.3) is 0 Å². The first kappa shape index (κ1) is 9.98. The van der Waals surface area contributed by atoms with E-state index in [-0.39, 0.29) is 0 Å². The Morgan fingerprint density at radius 1 is 1.46 bits per heavy atom. The number of nitrogens with two attached hydrogens (primary N) is 1. The van der Waals surface area contributed by atoms with Crippen molar-refractivity contribution in [2.45, 2.75) is 26.3 Å². The lowest BCUT2D eigenvalue weighted by Gasteiger charge is -2.12. The second kappa shape index (κ2) is 4.23. The molecule has 0 aliphatic rings. The smallest absolute Gasteiger partial charge is 0.224 e. The summed E-state index contributed by atoms with van der Waals surface area (Å²) in [4.78, 5) is 0. The summed E-state index contributed by atoms with van der Waals surface area (Å²) in [6.07, 6.45) is 0.771. The first-order valence-electron chi connectivity index (χ1n) is 4.52. The summed E-state index contributed by atoms with van der Waals surface area (Å²) in [6.45, 7) is 4.81. The van der Waals surface area contributed by atoms with Crippen LogP contribution in [0.3, 0.4) is 0 Å². The normalized spacial score (nSPS) is 10.8. The van der Waals surface area contributed by atoms with Crippen molar-refractivity contribution >= 4 is 5.95 Å². The molecule has 5 heteroatoms. The molecule has 5 nitrogen and oxygen atoms in total. The van der Waals surface area contributed by atoms with Crippen LogP contribution in [0, 0.1) is 0 Å². The quantitative estimate of drug-likeness (QED) is 0.709. The van der Waals surface area contributed by atoms with Gasteiger partial charge in [0, 0.05) is 19.5 Å². The molecule has 0 unspecified atom stereocenters. The number of hydrogen-bond acceptors (Lipinski definition) is 4. The molecule has 0 aromatic carbocycles. The molecule has 1 aromatic rings. The zero-order valence-electron chi connectivity index (χ0n) is 8.41. The standard InChI is InChI=1S/C8H17N5/c1-6(2)13-7(4-5-9)11-12-8(13)10-3/h6H,4-5,9H2,1-3H3,(H,10,12). The Morgan fingerprint density at radius 3 is 2.62 bits per heavy atom. The van der Waals surface area contributed by atoms with Crippen molar-refractivity contribution in [3.05, 3.63) is 5.82 Å². The van der Waals surface area contributed by atoms with Gasteiger partial charge in [0.05, 0.1) is 0 Å². The van der Waals surface area contributed by atoms with E-state index < -0.39 is 0 Å². The minimum atomic E-state index is 0.360. The molecule has 0 aliphatic carbocycles. The molecule has 0 saturated carbocycles. The van der Waals surface area contributed by atoms with Gasteiger partial charge in [-0.05, 0) is 20.4 Å². The van der Waals surface area contributed by atoms with Crippen LogP contribution in [0.5, 0.6) is 0 Å². The summed E-state index contributed by atoms with van der Waals surface area (Å²) in [5.74, 6) is 1.75. The van der Waals surface area contributed by atoms with Gasteiger partial charge in [0.2, 0.25) is 5.95 Å². The number of nitrogens with zero attached hydrogens (tertiary/aromatic N) is 3. The number of hydrogen-bond donors (Lipinski definition) is 2. The molecule has 0 atom stereocenters. The van der Waals surface area contributed by atoms with Crippen LogP contribution in [0.15, 0.2) is 0 Å². The third-order valence-electron chi connectivity index (χ3n) is 1.87. The highest BCUT2D eigenvalue weighted by atomic mass is 15.4. The van der Waals surface area contributed by atoms with Crippen molar-refractivity contribution in [2.24, 2.45) is 5.73 Å². The summed E-state index contributed by atoms with van der Waals surface area (Å²) >= 11 is 0. The third-order valence-corrected chi connectivity index (χ3v) is 1.87. The van der Waals surface area contributed by atoms with Gasteiger partial charge in [-0.3, -0.25) is 4.57 Å². The van der Waals surface area contributed by atoms with Crippen LogP contribution in [-0.4, -0.2) is 28.4 Å². The second-order valence-corrected chi connectivity index (χ2v) is 3.19. The van der Waals surface area contributed by atoms with Gasteiger partial charge in [-0.2, -0.15) is 0 Å². The average Bonchev–Trinajstić information content (AvgIpc) is 2.48. The van der Waals surface area contributed by atoms with Crippen molar-refractivity contribution in [3.8, 4) is 0 Å². The topological polar surface area (TPSA) is 68.8 Å². The lowest BCUT2D eigenvalue weighted by Crippen LogP contribution is -2.13.